The molecule has 0 amide bonds. The van der Waals surface area contributed by atoms with Crippen molar-refractivity contribution in [1.29, 1.82) is 0 Å². The van der Waals surface area contributed by atoms with E-state index in [1.54, 1.807) is 6.92 Å². The molecule has 0 radical (unpaired) electrons. The Morgan fingerprint density at radius 3 is 1.42 bits per heavy atom. The minimum absolute atomic E-state index is 0.113. The Kier molecular flexibility index (Phi) is 17.4. The van der Waals surface area contributed by atoms with E-state index in [9.17, 15) is 43.2 Å². The molecule has 19 heteroatoms. The summed E-state index contributed by atoms with van der Waals surface area (Å²) in [6.45, 7) is 0.833. The molecule has 0 bridgehead atoms. The molecule has 0 aliphatic heterocycles. The van der Waals surface area contributed by atoms with E-state index in [1.165, 1.54) is 0 Å². The summed E-state index contributed by atoms with van der Waals surface area (Å²) in [5, 5.41) is 9.83. The summed E-state index contributed by atoms with van der Waals surface area (Å²) in [5.41, 5.74) is 0. The van der Waals surface area contributed by atoms with Gasteiger partial charge in [-0.2, -0.15) is 0 Å². The first kappa shape index (κ1) is 36.1. The smallest absolute Gasteiger partial charge is 0.462 e. The molecule has 0 aliphatic rings. The lowest BCUT2D eigenvalue weighted by atomic mass is 10.3. The zero-order valence-corrected chi connectivity index (χ0v) is 23.1. The Hall–Kier alpha value is -1.94. The standard InChI is InChI=1S/C19H34O17P2/c1-5-6-19(24)30-10-18(36-15(4)22)12-34-38(27,28)32-8-16(23)7-31-37(25,26)33-11-17(35-14(3)21)9-29-13(2)20/h16-18,23H,5-12H2,1-4H3,(H,25,26)(H,27,28)/t16-,17-,18-/m1/s1. The number of phosphoric ester groups is 2. The number of carbonyl (C=O) groups excluding carboxylic acids is 4. The maximum Gasteiger partial charge on any atom is 0.472 e. The fourth-order valence-corrected chi connectivity index (χ4v) is 3.79. The van der Waals surface area contributed by atoms with Gasteiger partial charge in [-0.15, -0.1) is 0 Å². The van der Waals surface area contributed by atoms with Crippen LogP contribution in [0.2, 0.25) is 0 Å². The highest BCUT2D eigenvalue weighted by Gasteiger charge is 2.29. The van der Waals surface area contributed by atoms with Crippen molar-refractivity contribution in [2.75, 3.05) is 39.6 Å². The highest BCUT2D eigenvalue weighted by atomic mass is 31.2. The maximum atomic E-state index is 12.0. The molecule has 3 N–H and O–H groups in total. The molecular weight excluding hydrogens is 562 g/mol. The second kappa shape index (κ2) is 18.4. The van der Waals surface area contributed by atoms with Crippen LogP contribution in [0.5, 0.6) is 0 Å². The largest absolute Gasteiger partial charge is 0.472 e. The van der Waals surface area contributed by atoms with E-state index in [0.717, 1.165) is 20.8 Å². The number of carbonyl (C=O) groups is 4. The molecule has 0 heterocycles. The van der Waals surface area contributed by atoms with Crippen molar-refractivity contribution in [3.05, 3.63) is 0 Å². The highest BCUT2D eigenvalue weighted by Crippen LogP contribution is 2.45. The number of aliphatic hydroxyl groups excluding tert-OH is 1. The molecule has 5 atom stereocenters. The summed E-state index contributed by atoms with van der Waals surface area (Å²) in [7, 11) is -9.64. The van der Waals surface area contributed by atoms with Gasteiger partial charge in [0.25, 0.3) is 0 Å². The van der Waals surface area contributed by atoms with E-state index in [-0.39, 0.29) is 6.42 Å². The summed E-state index contributed by atoms with van der Waals surface area (Å²) in [5.74, 6) is -2.82. The molecule has 0 aromatic heterocycles. The van der Waals surface area contributed by atoms with Crippen LogP contribution in [0.4, 0.5) is 0 Å². The van der Waals surface area contributed by atoms with Crippen LogP contribution in [0.25, 0.3) is 0 Å². The molecule has 0 aliphatic carbocycles. The number of aliphatic hydroxyl groups is 1. The number of phosphoric acid groups is 2. The number of hydrogen-bond acceptors (Lipinski definition) is 15. The third-order valence-electron chi connectivity index (χ3n) is 3.73. The zero-order chi connectivity index (χ0) is 29.4. The lowest BCUT2D eigenvalue weighted by molar-refractivity contribution is -0.159. The Balaban J connectivity index is 4.62. The lowest BCUT2D eigenvalue weighted by Gasteiger charge is -2.21. The molecule has 2 unspecified atom stereocenters. The topological polar surface area (TPSA) is 237 Å². The third-order valence-corrected chi connectivity index (χ3v) is 5.63. The van der Waals surface area contributed by atoms with Gasteiger partial charge in [0.2, 0.25) is 0 Å². The van der Waals surface area contributed by atoms with Crippen molar-refractivity contribution in [3.8, 4) is 0 Å². The zero-order valence-electron chi connectivity index (χ0n) is 21.3. The van der Waals surface area contributed by atoms with Crippen LogP contribution in [0.15, 0.2) is 0 Å². The van der Waals surface area contributed by atoms with Crippen molar-refractivity contribution < 1.29 is 80.2 Å². The summed E-state index contributed by atoms with van der Waals surface area (Å²) in [6.07, 6.45) is -3.53. The third kappa shape index (κ3) is 20.1. The molecule has 0 aromatic carbocycles. The first-order valence-corrected chi connectivity index (χ1v) is 14.1. The molecule has 222 valence electrons. The molecule has 0 aromatic rings. The number of rotatable bonds is 20. The quantitative estimate of drug-likeness (QED) is 0.0978. The van der Waals surface area contributed by atoms with Gasteiger partial charge >= 0.3 is 39.5 Å². The Morgan fingerprint density at radius 2 is 1.05 bits per heavy atom. The predicted octanol–water partition coefficient (Wildman–Crippen LogP) is 0.384. The van der Waals surface area contributed by atoms with Gasteiger partial charge in [0.15, 0.2) is 12.2 Å². The summed E-state index contributed by atoms with van der Waals surface area (Å²) >= 11 is 0. The van der Waals surface area contributed by atoms with Gasteiger partial charge < -0.3 is 33.8 Å². The van der Waals surface area contributed by atoms with Crippen LogP contribution in [0.1, 0.15) is 40.5 Å². The van der Waals surface area contributed by atoms with E-state index in [2.05, 4.69) is 22.8 Å². The van der Waals surface area contributed by atoms with E-state index >= 15 is 0 Å². The molecule has 0 fully saturated rings. The summed E-state index contributed by atoms with van der Waals surface area (Å²) in [4.78, 5) is 64.1. The van der Waals surface area contributed by atoms with E-state index < -0.39 is 97.5 Å². The van der Waals surface area contributed by atoms with Crippen molar-refractivity contribution in [2.45, 2.75) is 58.8 Å². The molecular formula is C19H34O17P2. The second-order valence-electron chi connectivity index (χ2n) is 7.47. The molecule has 0 rings (SSSR count). The minimum atomic E-state index is -4.82. The molecule has 0 spiro atoms. The first-order valence-electron chi connectivity index (χ1n) is 11.1. The monoisotopic (exact) mass is 596 g/mol. The number of ether oxygens (including phenoxy) is 4. The van der Waals surface area contributed by atoms with Gasteiger partial charge in [0.05, 0.1) is 26.4 Å². The van der Waals surface area contributed by atoms with E-state index in [1.807, 2.05) is 0 Å². The highest BCUT2D eigenvalue weighted by molar-refractivity contribution is 7.47. The predicted molar refractivity (Wildman–Crippen MR) is 123 cm³/mol. The van der Waals surface area contributed by atoms with Crippen LogP contribution >= 0.6 is 15.6 Å². The van der Waals surface area contributed by atoms with Crippen LogP contribution in [0.3, 0.4) is 0 Å². The van der Waals surface area contributed by atoms with Crippen molar-refractivity contribution >= 4 is 39.5 Å². The Bertz CT molecular complexity index is 862. The Morgan fingerprint density at radius 1 is 0.658 bits per heavy atom. The molecule has 0 saturated heterocycles. The lowest BCUT2D eigenvalue weighted by Crippen LogP contribution is -2.29. The van der Waals surface area contributed by atoms with Gasteiger partial charge in [-0.1, -0.05) is 6.92 Å². The minimum Gasteiger partial charge on any atom is -0.462 e. The normalized spacial score (nSPS) is 16.7. The SMILES string of the molecule is CCCC(=O)OC[C@H](COP(=O)(O)OC[C@H](O)COP(=O)(O)OC[C@@H](COC(C)=O)OC(C)=O)OC(C)=O. The number of esters is 4. The summed E-state index contributed by atoms with van der Waals surface area (Å²) < 4.78 is 61.6. The van der Waals surface area contributed by atoms with Gasteiger partial charge in [-0.05, 0) is 6.42 Å². The van der Waals surface area contributed by atoms with Crippen molar-refractivity contribution in [3.63, 3.8) is 0 Å². The average Bonchev–Trinajstić information content (AvgIpc) is 2.79. The molecule has 38 heavy (non-hydrogen) atoms. The van der Waals surface area contributed by atoms with Crippen LogP contribution < -0.4 is 0 Å². The van der Waals surface area contributed by atoms with Gasteiger partial charge in [-0.25, -0.2) is 9.13 Å². The fraction of sp³-hybridized carbons (Fsp3) is 0.789. The van der Waals surface area contributed by atoms with Gasteiger partial charge in [-0.3, -0.25) is 37.3 Å². The fourth-order valence-electron chi connectivity index (χ4n) is 2.21. The maximum absolute atomic E-state index is 12.0. The first-order chi connectivity index (χ1) is 17.5. The van der Waals surface area contributed by atoms with Crippen molar-refractivity contribution in [2.24, 2.45) is 0 Å². The van der Waals surface area contributed by atoms with E-state index in [0.29, 0.717) is 6.42 Å². The van der Waals surface area contributed by atoms with Crippen molar-refractivity contribution in [1.82, 2.24) is 0 Å². The van der Waals surface area contributed by atoms with Gasteiger partial charge in [0, 0.05) is 27.2 Å². The summed E-state index contributed by atoms with van der Waals surface area (Å²) in [6, 6.07) is 0. The second-order valence-corrected chi connectivity index (χ2v) is 10.4. The molecule has 0 saturated carbocycles. The van der Waals surface area contributed by atoms with Crippen LogP contribution in [0, 0.1) is 0 Å². The van der Waals surface area contributed by atoms with E-state index in [4.69, 9.17) is 14.2 Å². The average molecular weight is 596 g/mol. The molecule has 17 nitrogen and oxygen atoms in total. The number of hydrogen-bond donors (Lipinski definition) is 3. The van der Waals surface area contributed by atoms with Crippen LogP contribution in [-0.4, -0.2) is 96.7 Å². The van der Waals surface area contributed by atoms with Gasteiger partial charge in [0.1, 0.15) is 19.3 Å². The van der Waals surface area contributed by atoms with Crippen LogP contribution in [-0.2, 0) is 65.4 Å². The Labute approximate surface area is 218 Å².